The average molecular weight is 321 g/mol. The average Bonchev–Trinajstić information content (AvgIpc) is 2.58. The van der Waals surface area contributed by atoms with Crippen molar-refractivity contribution in [3.63, 3.8) is 0 Å². The van der Waals surface area contributed by atoms with Crippen LogP contribution in [0.4, 0.5) is 14.9 Å². The number of halogens is 1. The smallest absolute Gasteiger partial charge is 0.410 e. The van der Waals surface area contributed by atoms with Crippen LogP contribution in [0, 0.1) is 5.82 Å². The van der Waals surface area contributed by atoms with Gasteiger partial charge in [-0.3, -0.25) is 9.69 Å². The SMILES string of the molecule is O=C(CN1CCCOC1=O)N1CCN(c2ccc(F)cc2)CC1. The molecule has 3 rings (SSSR count). The quantitative estimate of drug-likeness (QED) is 0.842. The molecule has 0 spiro atoms. The fourth-order valence-electron chi connectivity index (χ4n) is 2.87. The lowest BCUT2D eigenvalue weighted by atomic mass is 10.2. The molecular weight excluding hydrogens is 301 g/mol. The van der Waals surface area contributed by atoms with Crippen molar-refractivity contribution in [2.24, 2.45) is 0 Å². The summed E-state index contributed by atoms with van der Waals surface area (Å²) in [7, 11) is 0. The Kier molecular flexibility index (Phi) is 4.64. The monoisotopic (exact) mass is 321 g/mol. The molecule has 0 atom stereocenters. The number of hydrogen-bond acceptors (Lipinski definition) is 4. The molecule has 2 amide bonds. The normalized spacial score (nSPS) is 18.8. The molecule has 0 aliphatic carbocycles. The molecule has 2 fully saturated rings. The zero-order chi connectivity index (χ0) is 16.2. The lowest BCUT2D eigenvalue weighted by molar-refractivity contribution is -0.132. The highest BCUT2D eigenvalue weighted by atomic mass is 19.1. The number of anilines is 1. The van der Waals surface area contributed by atoms with Gasteiger partial charge in [0.1, 0.15) is 12.4 Å². The van der Waals surface area contributed by atoms with Crippen LogP contribution in [-0.2, 0) is 9.53 Å². The van der Waals surface area contributed by atoms with Gasteiger partial charge in [0.25, 0.3) is 0 Å². The summed E-state index contributed by atoms with van der Waals surface area (Å²) in [5, 5.41) is 0. The lowest BCUT2D eigenvalue weighted by Crippen LogP contribution is -2.52. The Labute approximate surface area is 134 Å². The molecule has 124 valence electrons. The minimum atomic E-state index is -0.408. The predicted molar refractivity (Wildman–Crippen MR) is 82.7 cm³/mol. The maximum absolute atomic E-state index is 13.0. The van der Waals surface area contributed by atoms with E-state index >= 15 is 0 Å². The van der Waals surface area contributed by atoms with Crippen LogP contribution in [0.25, 0.3) is 0 Å². The highest BCUT2D eigenvalue weighted by molar-refractivity contribution is 5.82. The Hall–Kier alpha value is -2.31. The molecule has 7 heteroatoms. The summed E-state index contributed by atoms with van der Waals surface area (Å²) in [5.41, 5.74) is 0.957. The minimum absolute atomic E-state index is 0.0531. The van der Waals surface area contributed by atoms with Crippen LogP contribution in [0.2, 0.25) is 0 Å². The van der Waals surface area contributed by atoms with Crippen LogP contribution >= 0.6 is 0 Å². The molecule has 2 saturated heterocycles. The Morgan fingerprint density at radius 2 is 1.78 bits per heavy atom. The molecule has 2 aliphatic rings. The Balaban J connectivity index is 1.51. The van der Waals surface area contributed by atoms with Gasteiger partial charge in [0.15, 0.2) is 0 Å². The second-order valence-corrected chi connectivity index (χ2v) is 5.73. The Morgan fingerprint density at radius 3 is 2.43 bits per heavy atom. The number of nitrogens with zero attached hydrogens (tertiary/aromatic N) is 3. The van der Waals surface area contributed by atoms with Gasteiger partial charge >= 0.3 is 6.09 Å². The van der Waals surface area contributed by atoms with Gasteiger partial charge in [-0.2, -0.15) is 0 Å². The van der Waals surface area contributed by atoms with Crippen molar-refractivity contribution in [1.82, 2.24) is 9.80 Å². The molecular formula is C16H20FN3O3. The van der Waals surface area contributed by atoms with Crippen molar-refractivity contribution in [3.05, 3.63) is 30.1 Å². The van der Waals surface area contributed by atoms with Crippen molar-refractivity contribution in [2.75, 3.05) is 50.8 Å². The number of carbonyl (C=O) groups excluding carboxylic acids is 2. The third-order valence-electron chi connectivity index (χ3n) is 4.21. The van der Waals surface area contributed by atoms with Crippen molar-refractivity contribution < 1.29 is 18.7 Å². The third-order valence-corrected chi connectivity index (χ3v) is 4.21. The number of rotatable bonds is 3. The van der Waals surface area contributed by atoms with Gasteiger partial charge in [0.05, 0.1) is 6.61 Å². The standard InChI is InChI=1S/C16H20FN3O3/c17-13-2-4-14(5-3-13)18-7-9-19(10-8-18)15(21)12-20-6-1-11-23-16(20)22/h2-5H,1,6-12H2. The Morgan fingerprint density at radius 1 is 1.09 bits per heavy atom. The number of benzene rings is 1. The first kappa shape index (κ1) is 15.6. The van der Waals surface area contributed by atoms with E-state index in [0.717, 1.165) is 12.1 Å². The largest absolute Gasteiger partial charge is 0.449 e. The second-order valence-electron chi connectivity index (χ2n) is 5.73. The predicted octanol–water partition coefficient (Wildman–Crippen LogP) is 1.32. The summed E-state index contributed by atoms with van der Waals surface area (Å²) in [6.45, 7) is 3.66. The van der Waals surface area contributed by atoms with E-state index in [0.29, 0.717) is 39.3 Å². The van der Waals surface area contributed by atoms with E-state index < -0.39 is 6.09 Å². The highest BCUT2D eigenvalue weighted by Crippen LogP contribution is 2.17. The summed E-state index contributed by atoms with van der Waals surface area (Å²) >= 11 is 0. The van der Waals surface area contributed by atoms with Crippen molar-refractivity contribution >= 4 is 17.7 Å². The number of carbonyl (C=O) groups is 2. The first-order valence-corrected chi connectivity index (χ1v) is 7.83. The molecule has 23 heavy (non-hydrogen) atoms. The molecule has 0 radical (unpaired) electrons. The highest BCUT2D eigenvalue weighted by Gasteiger charge is 2.26. The molecule has 0 saturated carbocycles. The Bertz CT molecular complexity index is 570. The van der Waals surface area contributed by atoms with Crippen LogP contribution in [0.3, 0.4) is 0 Å². The number of amides is 2. The van der Waals surface area contributed by atoms with Crippen LogP contribution in [-0.4, -0.2) is 67.7 Å². The van der Waals surface area contributed by atoms with Crippen LogP contribution in [0.5, 0.6) is 0 Å². The van der Waals surface area contributed by atoms with E-state index in [1.807, 2.05) is 0 Å². The molecule has 0 unspecified atom stereocenters. The third kappa shape index (κ3) is 3.72. The zero-order valence-corrected chi connectivity index (χ0v) is 12.9. The van der Waals surface area contributed by atoms with E-state index in [1.165, 1.54) is 17.0 Å². The molecule has 6 nitrogen and oxygen atoms in total. The van der Waals surface area contributed by atoms with E-state index in [9.17, 15) is 14.0 Å². The number of piperazine rings is 1. The van der Waals surface area contributed by atoms with Gasteiger partial charge in [0.2, 0.25) is 5.91 Å². The zero-order valence-electron chi connectivity index (χ0n) is 12.9. The molecule has 2 heterocycles. The molecule has 1 aromatic rings. The summed E-state index contributed by atoms with van der Waals surface area (Å²) in [6, 6.07) is 6.37. The number of cyclic esters (lactones) is 1. The maximum atomic E-state index is 13.0. The fraction of sp³-hybridized carbons (Fsp3) is 0.500. The molecule has 0 N–H and O–H groups in total. The van der Waals surface area contributed by atoms with E-state index in [4.69, 9.17) is 4.74 Å². The van der Waals surface area contributed by atoms with Gasteiger partial charge in [-0.1, -0.05) is 0 Å². The van der Waals surface area contributed by atoms with Gasteiger partial charge in [0, 0.05) is 38.4 Å². The van der Waals surface area contributed by atoms with E-state index in [1.54, 1.807) is 17.0 Å². The van der Waals surface area contributed by atoms with Gasteiger partial charge in [-0.25, -0.2) is 9.18 Å². The van der Waals surface area contributed by atoms with Crippen molar-refractivity contribution in [2.45, 2.75) is 6.42 Å². The van der Waals surface area contributed by atoms with Crippen LogP contribution in [0.1, 0.15) is 6.42 Å². The summed E-state index contributed by atoms with van der Waals surface area (Å²) in [6.07, 6.45) is 0.353. The maximum Gasteiger partial charge on any atom is 0.410 e. The van der Waals surface area contributed by atoms with E-state index in [-0.39, 0.29) is 18.3 Å². The molecule has 0 aromatic heterocycles. The van der Waals surface area contributed by atoms with Crippen LogP contribution < -0.4 is 4.90 Å². The molecule has 0 bridgehead atoms. The second kappa shape index (κ2) is 6.85. The first-order chi connectivity index (χ1) is 11.1. The number of hydrogen-bond donors (Lipinski definition) is 0. The lowest BCUT2D eigenvalue weighted by Gasteiger charge is -2.37. The van der Waals surface area contributed by atoms with Crippen molar-refractivity contribution in [1.29, 1.82) is 0 Å². The summed E-state index contributed by atoms with van der Waals surface area (Å²) < 4.78 is 17.9. The van der Waals surface area contributed by atoms with Gasteiger partial charge < -0.3 is 14.5 Å². The minimum Gasteiger partial charge on any atom is -0.449 e. The first-order valence-electron chi connectivity index (χ1n) is 7.83. The van der Waals surface area contributed by atoms with Gasteiger partial charge in [-0.05, 0) is 30.7 Å². The van der Waals surface area contributed by atoms with Crippen LogP contribution in [0.15, 0.2) is 24.3 Å². The van der Waals surface area contributed by atoms with E-state index in [2.05, 4.69) is 4.90 Å². The topological polar surface area (TPSA) is 53.1 Å². The molecule has 2 aliphatic heterocycles. The summed E-state index contributed by atoms with van der Waals surface area (Å²) in [5.74, 6) is -0.307. The van der Waals surface area contributed by atoms with Crippen molar-refractivity contribution in [3.8, 4) is 0 Å². The summed E-state index contributed by atoms with van der Waals surface area (Å²) in [4.78, 5) is 29.2. The molecule has 1 aromatic carbocycles. The van der Waals surface area contributed by atoms with Gasteiger partial charge in [-0.15, -0.1) is 0 Å². The number of ether oxygens (including phenoxy) is 1. The fourth-order valence-corrected chi connectivity index (χ4v) is 2.87.